The fraction of sp³-hybridized carbons (Fsp3) is 1.00. The standard InChI is InChI=1S/C6H18BO3PSi/c1-8-12(3,9-2)6-4-5-10-7-11/h7H,4-6,11H2,1-3H3. The first-order chi connectivity index (χ1) is 5.68. The van der Waals surface area contributed by atoms with Gasteiger partial charge in [0.2, 0.25) is 0 Å². The first-order valence-corrected chi connectivity index (χ1v) is 7.40. The van der Waals surface area contributed by atoms with E-state index in [1.165, 1.54) is 0 Å². The van der Waals surface area contributed by atoms with Gasteiger partial charge in [-0.25, -0.2) is 0 Å². The maximum atomic E-state index is 5.32. The molecule has 72 valence electrons. The highest BCUT2D eigenvalue weighted by Crippen LogP contribution is 2.13. The Morgan fingerprint density at radius 2 is 1.92 bits per heavy atom. The summed E-state index contributed by atoms with van der Waals surface area (Å²) in [5.41, 5.74) is 0. The second kappa shape index (κ2) is 7.04. The van der Waals surface area contributed by atoms with E-state index in [9.17, 15) is 0 Å². The second-order valence-corrected chi connectivity index (χ2v) is 6.64. The van der Waals surface area contributed by atoms with Gasteiger partial charge < -0.3 is 13.5 Å². The zero-order valence-corrected chi connectivity index (χ0v) is 10.3. The lowest BCUT2D eigenvalue weighted by Crippen LogP contribution is -2.36. The van der Waals surface area contributed by atoms with E-state index in [-0.39, 0.29) is 0 Å². The molecule has 0 aromatic heterocycles. The molecule has 6 heteroatoms. The van der Waals surface area contributed by atoms with Gasteiger partial charge in [-0.3, -0.25) is 0 Å². The van der Waals surface area contributed by atoms with E-state index in [0.717, 1.165) is 19.1 Å². The van der Waals surface area contributed by atoms with Crippen molar-refractivity contribution in [2.75, 3.05) is 20.8 Å². The van der Waals surface area contributed by atoms with Crippen LogP contribution in [0.1, 0.15) is 6.42 Å². The summed E-state index contributed by atoms with van der Waals surface area (Å²) in [5, 5.41) is 0. The molecule has 0 radical (unpaired) electrons. The van der Waals surface area contributed by atoms with Crippen LogP contribution in [0.25, 0.3) is 0 Å². The molecule has 0 saturated heterocycles. The predicted octanol–water partition coefficient (Wildman–Crippen LogP) is 0.899. The number of hydrogen-bond acceptors (Lipinski definition) is 3. The van der Waals surface area contributed by atoms with E-state index < -0.39 is 8.56 Å². The minimum Gasteiger partial charge on any atom is -0.435 e. The summed E-state index contributed by atoms with van der Waals surface area (Å²) in [4.78, 5) is 0. The summed E-state index contributed by atoms with van der Waals surface area (Å²) in [7, 11) is 4.83. The van der Waals surface area contributed by atoms with Crippen LogP contribution >= 0.6 is 9.12 Å². The van der Waals surface area contributed by atoms with Crippen LogP contribution in [-0.4, -0.2) is 36.6 Å². The Labute approximate surface area is 78.8 Å². The summed E-state index contributed by atoms with van der Waals surface area (Å²) in [6.07, 6.45) is 1.01. The van der Waals surface area contributed by atoms with E-state index in [1.807, 2.05) is 0 Å². The molecular formula is C6H18BO3PSi. The molecule has 3 nitrogen and oxygen atoms in total. The normalized spacial score (nSPS) is 11.7. The van der Waals surface area contributed by atoms with Crippen LogP contribution in [0.15, 0.2) is 0 Å². The van der Waals surface area contributed by atoms with Gasteiger partial charge in [0, 0.05) is 20.8 Å². The topological polar surface area (TPSA) is 27.7 Å². The van der Waals surface area contributed by atoms with Gasteiger partial charge in [-0.2, -0.15) is 0 Å². The van der Waals surface area contributed by atoms with Crippen LogP contribution in [0.2, 0.25) is 12.6 Å². The van der Waals surface area contributed by atoms with Gasteiger partial charge in [-0.05, 0) is 19.0 Å². The van der Waals surface area contributed by atoms with Crippen LogP contribution in [0.5, 0.6) is 0 Å². The monoisotopic (exact) mass is 208 g/mol. The Morgan fingerprint density at radius 3 is 2.33 bits per heavy atom. The molecule has 0 bridgehead atoms. The van der Waals surface area contributed by atoms with Crippen molar-refractivity contribution in [3.05, 3.63) is 0 Å². The molecule has 0 aliphatic rings. The van der Waals surface area contributed by atoms with Crippen LogP contribution in [0.3, 0.4) is 0 Å². The first-order valence-electron chi connectivity index (χ1n) is 4.06. The molecule has 0 amide bonds. The van der Waals surface area contributed by atoms with Crippen LogP contribution in [0.4, 0.5) is 0 Å². The predicted molar refractivity (Wildman–Crippen MR) is 57.9 cm³/mol. The molecule has 0 aromatic carbocycles. The first kappa shape index (κ1) is 12.6. The molecular weight excluding hydrogens is 190 g/mol. The minimum atomic E-state index is -1.83. The summed E-state index contributed by atoms with van der Waals surface area (Å²) in [6, 6.07) is 0.991. The van der Waals surface area contributed by atoms with Crippen LogP contribution in [0, 0.1) is 0 Å². The Kier molecular flexibility index (Phi) is 7.39. The van der Waals surface area contributed by atoms with E-state index >= 15 is 0 Å². The van der Waals surface area contributed by atoms with Crippen molar-refractivity contribution < 1.29 is 13.5 Å². The maximum Gasteiger partial charge on any atom is 0.334 e. The SMILES string of the molecule is CO[Si](C)(CCCOBP)OC. The van der Waals surface area contributed by atoms with Gasteiger partial charge in [0.15, 0.2) is 0 Å². The molecule has 1 unspecified atom stereocenters. The third-order valence-electron chi connectivity index (χ3n) is 1.90. The average Bonchev–Trinajstić information content (AvgIpc) is 2.12. The summed E-state index contributed by atoms with van der Waals surface area (Å²) in [6.45, 7) is 2.85. The molecule has 1 atom stereocenters. The van der Waals surface area contributed by atoms with Gasteiger partial charge >= 0.3 is 8.56 Å². The lowest BCUT2D eigenvalue weighted by atomic mass is 10.5. The smallest absolute Gasteiger partial charge is 0.334 e. The molecule has 12 heavy (non-hydrogen) atoms. The zero-order valence-electron chi connectivity index (χ0n) is 8.13. The zero-order chi connectivity index (χ0) is 9.45. The highest BCUT2D eigenvalue weighted by molar-refractivity contribution is 7.54. The molecule has 0 heterocycles. The summed E-state index contributed by atoms with van der Waals surface area (Å²) < 4.78 is 15.8. The molecule has 0 aliphatic carbocycles. The molecule has 0 fully saturated rings. The van der Waals surface area contributed by atoms with Gasteiger partial charge in [0.25, 0.3) is 7.20 Å². The highest BCUT2D eigenvalue weighted by Gasteiger charge is 2.27. The van der Waals surface area contributed by atoms with Crippen LogP contribution < -0.4 is 0 Å². The molecule has 0 aromatic rings. The van der Waals surface area contributed by atoms with Gasteiger partial charge in [-0.15, -0.1) is 9.12 Å². The van der Waals surface area contributed by atoms with Crippen molar-refractivity contribution in [3.8, 4) is 0 Å². The lowest BCUT2D eigenvalue weighted by Gasteiger charge is -2.22. The number of hydrogen-bond donors (Lipinski definition) is 0. The quantitative estimate of drug-likeness (QED) is 0.353. The van der Waals surface area contributed by atoms with E-state index in [0.29, 0.717) is 7.20 Å². The Morgan fingerprint density at radius 1 is 1.33 bits per heavy atom. The van der Waals surface area contributed by atoms with Crippen molar-refractivity contribution >= 4 is 24.9 Å². The summed E-state index contributed by atoms with van der Waals surface area (Å²) >= 11 is 0. The average molecular weight is 208 g/mol. The van der Waals surface area contributed by atoms with Crippen molar-refractivity contribution in [2.24, 2.45) is 0 Å². The van der Waals surface area contributed by atoms with Crippen molar-refractivity contribution in [1.82, 2.24) is 0 Å². The van der Waals surface area contributed by atoms with Crippen LogP contribution in [-0.2, 0) is 13.5 Å². The highest BCUT2D eigenvalue weighted by atomic mass is 31.0. The van der Waals surface area contributed by atoms with Crippen molar-refractivity contribution in [2.45, 2.75) is 19.0 Å². The van der Waals surface area contributed by atoms with Gasteiger partial charge in [0.05, 0.1) is 0 Å². The lowest BCUT2D eigenvalue weighted by molar-refractivity contribution is 0.243. The third kappa shape index (κ3) is 5.27. The second-order valence-electron chi connectivity index (χ2n) is 2.72. The van der Waals surface area contributed by atoms with E-state index in [1.54, 1.807) is 14.2 Å². The third-order valence-corrected chi connectivity index (χ3v) is 5.13. The largest absolute Gasteiger partial charge is 0.435 e. The minimum absolute atomic E-state index is 0.707. The maximum absolute atomic E-state index is 5.32. The number of rotatable bonds is 7. The van der Waals surface area contributed by atoms with Gasteiger partial charge in [-0.1, -0.05) is 0 Å². The molecule has 0 rings (SSSR count). The Bertz CT molecular complexity index is 113. The molecule has 0 spiro atoms. The van der Waals surface area contributed by atoms with Crippen molar-refractivity contribution in [1.29, 1.82) is 0 Å². The van der Waals surface area contributed by atoms with Crippen molar-refractivity contribution in [3.63, 3.8) is 0 Å². The fourth-order valence-corrected chi connectivity index (χ4v) is 2.39. The van der Waals surface area contributed by atoms with Gasteiger partial charge in [0.1, 0.15) is 0 Å². The fourth-order valence-electron chi connectivity index (χ4n) is 0.866. The Balaban J connectivity index is 3.45. The summed E-state index contributed by atoms with van der Waals surface area (Å²) in [5.74, 6) is 0. The van der Waals surface area contributed by atoms with E-state index in [4.69, 9.17) is 13.5 Å². The molecule has 0 N–H and O–H groups in total. The Hall–Kier alpha value is 0.592. The molecule has 0 saturated carbocycles. The molecule has 0 aliphatic heterocycles. The van der Waals surface area contributed by atoms with E-state index in [2.05, 4.69) is 15.7 Å².